The standard InChI is InChI=1S/C7H5N3O2/c8-2-5(7(11)12)1-6-3-9-4-10-6/h1,3-4H,(H,9,10)(H,11,12). The van der Waals surface area contributed by atoms with Crippen molar-refractivity contribution in [1.82, 2.24) is 9.97 Å². The first-order valence-corrected chi connectivity index (χ1v) is 3.07. The summed E-state index contributed by atoms with van der Waals surface area (Å²) in [7, 11) is 0. The van der Waals surface area contributed by atoms with Gasteiger partial charge in [-0.15, -0.1) is 0 Å². The van der Waals surface area contributed by atoms with Gasteiger partial charge < -0.3 is 10.1 Å². The summed E-state index contributed by atoms with van der Waals surface area (Å²) in [6, 6.07) is 1.55. The summed E-state index contributed by atoms with van der Waals surface area (Å²) in [5.74, 6) is -1.24. The van der Waals surface area contributed by atoms with Gasteiger partial charge in [0.1, 0.15) is 11.6 Å². The summed E-state index contributed by atoms with van der Waals surface area (Å²) in [6.07, 6.45) is 4.05. The second-order valence-corrected chi connectivity index (χ2v) is 1.98. The van der Waals surface area contributed by atoms with E-state index < -0.39 is 5.97 Å². The zero-order valence-electron chi connectivity index (χ0n) is 5.98. The van der Waals surface area contributed by atoms with Gasteiger partial charge >= 0.3 is 5.97 Å². The highest BCUT2D eigenvalue weighted by Gasteiger charge is 2.05. The van der Waals surface area contributed by atoms with E-state index >= 15 is 0 Å². The molecule has 1 heterocycles. The van der Waals surface area contributed by atoms with E-state index in [4.69, 9.17) is 10.4 Å². The quantitative estimate of drug-likeness (QED) is 0.487. The fourth-order valence-electron chi connectivity index (χ4n) is 0.643. The van der Waals surface area contributed by atoms with Crippen molar-refractivity contribution in [2.75, 3.05) is 0 Å². The lowest BCUT2D eigenvalue weighted by atomic mass is 10.2. The number of nitrogens with zero attached hydrogens (tertiary/aromatic N) is 2. The van der Waals surface area contributed by atoms with Gasteiger partial charge in [0, 0.05) is 0 Å². The van der Waals surface area contributed by atoms with E-state index in [2.05, 4.69) is 9.97 Å². The molecule has 5 nitrogen and oxygen atoms in total. The average molecular weight is 163 g/mol. The SMILES string of the molecule is N#CC(=Cc1cnc[nH]1)C(=O)O. The van der Waals surface area contributed by atoms with Crippen LogP contribution < -0.4 is 0 Å². The minimum Gasteiger partial charge on any atom is -0.477 e. The number of carboxylic acids is 1. The van der Waals surface area contributed by atoms with Gasteiger partial charge in [0.2, 0.25) is 0 Å². The predicted octanol–water partition coefficient (Wildman–Crippen LogP) is 0.401. The molecule has 5 heteroatoms. The highest BCUT2D eigenvalue weighted by atomic mass is 16.4. The lowest BCUT2D eigenvalue weighted by Crippen LogP contribution is -1.97. The van der Waals surface area contributed by atoms with Gasteiger partial charge in [0.25, 0.3) is 0 Å². The van der Waals surface area contributed by atoms with E-state index in [-0.39, 0.29) is 5.57 Å². The van der Waals surface area contributed by atoms with Gasteiger partial charge in [0.15, 0.2) is 0 Å². The molecule has 0 aliphatic heterocycles. The highest BCUT2D eigenvalue weighted by Crippen LogP contribution is 2.01. The Hall–Kier alpha value is -2.09. The van der Waals surface area contributed by atoms with E-state index in [1.807, 2.05) is 0 Å². The normalized spacial score (nSPS) is 10.8. The molecule has 0 spiro atoms. The Bertz CT molecular complexity index is 345. The van der Waals surface area contributed by atoms with Crippen LogP contribution in [-0.4, -0.2) is 21.0 Å². The van der Waals surface area contributed by atoms with Crippen molar-refractivity contribution in [3.8, 4) is 6.07 Å². The molecule has 1 aromatic rings. The van der Waals surface area contributed by atoms with Crippen molar-refractivity contribution in [2.24, 2.45) is 0 Å². The third kappa shape index (κ3) is 1.70. The Kier molecular flexibility index (Phi) is 2.23. The van der Waals surface area contributed by atoms with Crippen LogP contribution in [0.15, 0.2) is 18.1 Å². The molecule has 0 unspecified atom stereocenters. The number of carboxylic acid groups (broad SMARTS) is 1. The summed E-state index contributed by atoms with van der Waals surface area (Å²) < 4.78 is 0. The number of carbonyl (C=O) groups is 1. The van der Waals surface area contributed by atoms with Gasteiger partial charge in [-0.25, -0.2) is 9.78 Å². The van der Waals surface area contributed by atoms with E-state index in [0.717, 1.165) is 0 Å². The zero-order valence-corrected chi connectivity index (χ0v) is 5.98. The van der Waals surface area contributed by atoms with E-state index in [0.29, 0.717) is 5.69 Å². The van der Waals surface area contributed by atoms with Crippen molar-refractivity contribution < 1.29 is 9.90 Å². The first-order valence-electron chi connectivity index (χ1n) is 3.07. The molecule has 0 aliphatic rings. The van der Waals surface area contributed by atoms with Crippen molar-refractivity contribution in [2.45, 2.75) is 0 Å². The van der Waals surface area contributed by atoms with E-state index in [9.17, 15) is 4.79 Å². The average Bonchev–Trinajstić information content (AvgIpc) is 2.51. The Labute approximate surface area is 68.0 Å². The van der Waals surface area contributed by atoms with Crippen LogP contribution in [0.4, 0.5) is 0 Å². The number of hydrogen-bond donors (Lipinski definition) is 2. The molecule has 0 aliphatic carbocycles. The molecule has 2 N–H and O–H groups in total. The van der Waals surface area contributed by atoms with Crippen LogP contribution in [0.1, 0.15) is 5.69 Å². The maximum absolute atomic E-state index is 10.3. The molecule has 60 valence electrons. The summed E-state index contributed by atoms with van der Waals surface area (Å²) in [5.41, 5.74) is 0.174. The number of aliphatic carboxylic acids is 1. The molecule has 12 heavy (non-hydrogen) atoms. The number of nitrogens with one attached hydrogen (secondary N) is 1. The molecule has 0 atom stereocenters. The highest BCUT2D eigenvalue weighted by molar-refractivity contribution is 5.96. The summed E-state index contributed by atoms with van der Waals surface area (Å²) in [5, 5.41) is 16.8. The van der Waals surface area contributed by atoms with Crippen molar-refractivity contribution in [3.63, 3.8) is 0 Å². The largest absolute Gasteiger partial charge is 0.477 e. The topological polar surface area (TPSA) is 89.8 Å². The molecule has 1 rings (SSSR count). The lowest BCUT2D eigenvalue weighted by Gasteiger charge is -1.86. The molecule has 0 radical (unpaired) electrons. The maximum Gasteiger partial charge on any atom is 0.346 e. The molecular weight excluding hydrogens is 158 g/mol. The van der Waals surface area contributed by atoms with Gasteiger partial charge in [0.05, 0.1) is 18.2 Å². The lowest BCUT2D eigenvalue weighted by molar-refractivity contribution is -0.132. The van der Waals surface area contributed by atoms with Gasteiger partial charge in [-0.2, -0.15) is 5.26 Å². The summed E-state index contributed by atoms with van der Waals surface area (Å²) in [4.78, 5) is 16.7. The molecule has 0 saturated carbocycles. The van der Waals surface area contributed by atoms with Crippen molar-refractivity contribution in [3.05, 3.63) is 23.8 Å². The Morgan fingerprint density at radius 3 is 3.00 bits per heavy atom. The first kappa shape index (κ1) is 8.01. The maximum atomic E-state index is 10.3. The number of rotatable bonds is 2. The van der Waals surface area contributed by atoms with Crippen LogP contribution in [0, 0.1) is 11.3 Å². The number of H-pyrrole nitrogens is 1. The number of aromatic amines is 1. The van der Waals surface area contributed by atoms with Crippen LogP contribution >= 0.6 is 0 Å². The third-order valence-electron chi connectivity index (χ3n) is 1.17. The second kappa shape index (κ2) is 3.34. The molecule has 0 saturated heterocycles. The number of hydrogen-bond acceptors (Lipinski definition) is 3. The first-order chi connectivity index (χ1) is 5.74. The monoisotopic (exact) mass is 163 g/mol. The molecule has 0 bridgehead atoms. The van der Waals surface area contributed by atoms with Gasteiger partial charge in [-0.05, 0) is 6.08 Å². The zero-order chi connectivity index (χ0) is 8.97. The summed E-state index contributed by atoms with van der Waals surface area (Å²) in [6.45, 7) is 0. The number of imidazole rings is 1. The summed E-state index contributed by atoms with van der Waals surface area (Å²) >= 11 is 0. The second-order valence-electron chi connectivity index (χ2n) is 1.98. The Morgan fingerprint density at radius 1 is 1.83 bits per heavy atom. The number of aromatic nitrogens is 2. The van der Waals surface area contributed by atoms with E-state index in [1.54, 1.807) is 6.07 Å². The van der Waals surface area contributed by atoms with Crippen LogP contribution in [0.3, 0.4) is 0 Å². The fraction of sp³-hybridized carbons (Fsp3) is 0. The molecule has 1 aromatic heterocycles. The van der Waals surface area contributed by atoms with Crippen LogP contribution in [0.2, 0.25) is 0 Å². The molecule has 0 fully saturated rings. The smallest absolute Gasteiger partial charge is 0.346 e. The van der Waals surface area contributed by atoms with Crippen molar-refractivity contribution >= 4 is 12.0 Å². The molecule has 0 aromatic carbocycles. The van der Waals surface area contributed by atoms with Crippen molar-refractivity contribution in [1.29, 1.82) is 5.26 Å². The fourth-order valence-corrected chi connectivity index (χ4v) is 0.643. The third-order valence-corrected chi connectivity index (χ3v) is 1.17. The van der Waals surface area contributed by atoms with Gasteiger partial charge in [-0.3, -0.25) is 0 Å². The minimum atomic E-state index is -1.24. The van der Waals surface area contributed by atoms with Gasteiger partial charge in [-0.1, -0.05) is 0 Å². The van der Waals surface area contributed by atoms with Crippen LogP contribution in [0.5, 0.6) is 0 Å². The van der Waals surface area contributed by atoms with E-state index in [1.165, 1.54) is 18.6 Å². The number of nitriles is 1. The van der Waals surface area contributed by atoms with Crippen LogP contribution in [-0.2, 0) is 4.79 Å². The Morgan fingerprint density at radius 2 is 2.58 bits per heavy atom. The van der Waals surface area contributed by atoms with Crippen LogP contribution in [0.25, 0.3) is 6.08 Å². The molecular formula is C7H5N3O2. The minimum absolute atomic E-state index is 0.320. The molecule has 0 amide bonds. The Balaban J connectivity index is 2.95. The predicted molar refractivity (Wildman–Crippen MR) is 39.8 cm³/mol.